The van der Waals surface area contributed by atoms with Gasteiger partial charge in [0, 0.05) is 0 Å². The van der Waals surface area contributed by atoms with Crippen molar-refractivity contribution in [1.82, 2.24) is 0 Å². The Labute approximate surface area is 349 Å². The summed E-state index contributed by atoms with van der Waals surface area (Å²) in [6.07, 6.45) is 0. The SMILES string of the molecule is c1ccc(-c2cc(-c3ccc(-c4cccc5ccccc45)cc3)c3ccc4c(-c5ccccc5)cc(-c5cccc(-c6ccc7ccccc7c6)c5)c5ccc2c3c45)cc1. The van der Waals surface area contributed by atoms with Gasteiger partial charge in [-0.25, -0.2) is 0 Å². The third-order valence-electron chi connectivity index (χ3n) is 12.6. The fraction of sp³-hybridized carbons (Fsp3) is 0. The van der Waals surface area contributed by atoms with Gasteiger partial charge in [-0.1, -0.05) is 206 Å². The molecule has 0 radical (unpaired) electrons. The van der Waals surface area contributed by atoms with Crippen molar-refractivity contribution in [2.24, 2.45) is 0 Å². The van der Waals surface area contributed by atoms with Crippen molar-refractivity contribution in [1.29, 1.82) is 0 Å². The van der Waals surface area contributed by atoms with E-state index in [1.807, 2.05) is 0 Å². The molecule has 0 aromatic heterocycles. The molecule has 0 bridgehead atoms. The lowest BCUT2D eigenvalue weighted by Gasteiger charge is -2.22. The molecule has 0 unspecified atom stereocenters. The van der Waals surface area contributed by atoms with Crippen LogP contribution in [0.25, 0.3) is 121 Å². The zero-order valence-electron chi connectivity index (χ0n) is 32.9. The van der Waals surface area contributed by atoms with E-state index in [0.29, 0.717) is 0 Å². The average Bonchev–Trinajstić information content (AvgIpc) is 3.33. The van der Waals surface area contributed by atoms with Crippen LogP contribution in [0.3, 0.4) is 0 Å². The number of hydrogen-bond acceptors (Lipinski definition) is 0. The van der Waals surface area contributed by atoms with Gasteiger partial charge in [0.05, 0.1) is 0 Å². The van der Waals surface area contributed by atoms with Gasteiger partial charge in [0.1, 0.15) is 0 Å². The van der Waals surface area contributed by atoms with Crippen LogP contribution in [0.2, 0.25) is 0 Å². The first-order valence-corrected chi connectivity index (χ1v) is 20.8. The van der Waals surface area contributed by atoms with Crippen LogP contribution >= 0.6 is 0 Å². The first kappa shape index (κ1) is 34.3. The molecule has 0 aliphatic heterocycles. The van der Waals surface area contributed by atoms with E-state index < -0.39 is 0 Å². The van der Waals surface area contributed by atoms with Gasteiger partial charge in [-0.3, -0.25) is 0 Å². The van der Waals surface area contributed by atoms with Crippen LogP contribution in [0.5, 0.6) is 0 Å². The van der Waals surface area contributed by atoms with Crippen molar-refractivity contribution in [2.45, 2.75) is 0 Å². The van der Waals surface area contributed by atoms with Crippen LogP contribution in [0.15, 0.2) is 231 Å². The smallest absolute Gasteiger partial charge is 0.00139 e. The van der Waals surface area contributed by atoms with E-state index >= 15 is 0 Å². The average molecular weight is 759 g/mol. The van der Waals surface area contributed by atoms with E-state index in [2.05, 4.69) is 231 Å². The van der Waals surface area contributed by atoms with Crippen molar-refractivity contribution in [3.63, 3.8) is 0 Å². The Balaban J connectivity index is 1.12. The molecule has 0 atom stereocenters. The Bertz CT molecular complexity index is 3550. The van der Waals surface area contributed by atoms with Crippen LogP contribution in [0.4, 0.5) is 0 Å². The molecule has 0 heterocycles. The molecule has 12 rings (SSSR count). The molecule has 0 amide bonds. The molecule has 0 spiro atoms. The van der Waals surface area contributed by atoms with Crippen LogP contribution in [-0.4, -0.2) is 0 Å². The Morgan fingerprint density at radius 1 is 0.167 bits per heavy atom. The van der Waals surface area contributed by atoms with Crippen molar-refractivity contribution in [3.05, 3.63) is 231 Å². The Hall–Kier alpha value is -7.80. The molecule has 0 fully saturated rings. The summed E-state index contributed by atoms with van der Waals surface area (Å²) >= 11 is 0. The second-order valence-electron chi connectivity index (χ2n) is 16.0. The minimum atomic E-state index is 1.21. The molecule has 0 aliphatic carbocycles. The number of benzene rings is 12. The van der Waals surface area contributed by atoms with E-state index in [-0.39, 0.29) is 0 Å². The first-order valence-electron chi connectivity index (χ1n) is 20.8. The van der Waals surface area contributed by atoms with E-state index in [1.165, 1.54) is 121 Å². The summed E-state index contributed by atoms with van der Waals surface area (Å²) in [5, 5.41) is 12.7. The van der Waals surface area contributed by atoms with Gasteiger partial charge >= 0.3 is 0 Å². The standard InChI is InChI=1S/C60H38/c1-3-14-41(15-4-1)55-37-57(44-28-26-43(27-29-44)50-24-12-20-40-18-9-10-23-49(40)50)53-32-31-52-56(42-16-5-2-6-17-42)38-58(54-34-33-51(55)59(53)60(52)54)48-22-11-21-46(36-48)47-30-25-39-13-7-8-19-45(39)35-47/h1-38H. The zero-order valence-corrected chi connectivity index (χ0v) is 32.9. The molecular formula is C60H38. The van der Waals surface area contributed by atoms with Crippen LogP contribution < -0.4 is 0 Å². The number of rotatable bonds is 6. The maximum atomic E-state index is 2.43. The summed E-state index contributed by atoms with van der Waals surface area (Å²) in [7, 11) is 0. The van der Waals surface area contributed by atoms with E-state index in [9.17, 15) is 0 Å². The van der Waals surface area contributed by atoms with Crippen molar-refractivity contribution in [2.75, 3.05) is 0 Å². The van der Waals surface area contributed by atoms with Crippen molar-refractivity contribution < 1.29 is 0 Å². The zero-order chi connectivity index (χ0) is 39.6. The lowest BCUT2D eigenvalue weighted by Crippen LogP contribution is -1.94. The predicted octanol–water partition coefficient (Wildman–Crippen LogP) is 16.9. The van der Waals surface area contributed by atoms with Gasteiger partial charge in [-0.05, 0) is 145 Å². The van der Waals surface area contributed by atoms with Crippen molar-refractivity contribution in [3.8, 4) is 66.8 Å². The Morgan fingerprint density at radius 3 is 1.18 bits per heavy atom. The highest BCUT2D eigenvalue weighted by atomic mass is 14.2. The molecule has 0 aliphatic rings. The quantitative estimate of drug-likeness (QED) is 0.148. The van der Waals surface area contributed by atoms with E-state index in [0.717, 1.165) is 0 Å². The van der Waals surface area contributed by atoms with E-state index in [4.69, 9.17) is 0 Å². The lowest BCUT2D eigenvalue weighted by atomic mass is 9.81. The van der Waals surface area contributed by atoms with Gasteiger partial charge in [0.25, 0.3) is 0 Å². The largest absolute Gasteiger partial charge is 0.0622 e. The molecule has 0 saturated heterocycles. The Morgan fingerprint density at radius 2 is 0.567 bits per heavy atom. The molecule has 12 aromatic carbocycles. The second-order valence-corrected chi connectivity index (χ2v) is 16.0. The molecule has 0 nitrogen and oxygen atoms in total. The van der Waals surface area contributed by atoms with Gasteiger partial charge in [0.2, 0.25) is 0 Å². The highest BCUT2D eigenvalue weighted by Crippen LogP contribution is 2.49. The summed E-state index contributed by atoms with van der Waals surface area (Å²) in [5.41, 5.74) is 14.7. The minimum absolute atomic E-state index is 1.21. The normalized spacial score (nSPS) is 11.7. The molecule has 12 aromatic rings. The summed E-state index contributed by atoms with van der Waals surface area (Å²) in [6.45, 7) is 0. The molecular weight excluding hydrogens is 721 g/mol. The second kappa shape index (κ2) is 13.9. The van der Waals surface area contributed by atoms with Crippen molar-refractivity contribution >= 4 is 53.9 Å². The molecule has 60 heavy (non-hydrogen) atoms. The first-order chi connectivity index (χ1) is 29.7. The highest BCUT2D eigenvalue weighted by molar-refractivity contribution is 6.32. The lowest BCUT2D eigenvalue weighted by molar-refractivity contribution is 1.61. The third-order valence-corrected chi connectivity index (χ3v) is 12.6. The molecule has 0 saturated carbocycles. The number of fused-ring (bicyclic) bond motifs is 2. The van der Waals surface area contributed by atoms with Crippen LogP contribution in [0, 0.1) is 0 Å². The van der Waals surface area contributed by atoms with E-state index in [1.54, 1.807) is 0 Å². The molecule has 0 N–H and O–H groups in total. The van der Waals surface area contributed by atoms with Gasteiger partial charge in [0.15, 0.2) is 0 Å². The maximum absolute atomic E-state index is 2.43. The molecule has 0 heteroatoms. The fourth-order valence-corrected chi connectivity index (χ4v) is 9.73. The van der Waals surface area contributed by atoms with Gasteiger partial charge in [-0.15, -0.1) is 0 Å². The minimum Gasteiger partial charge on any atom is -0.0622 e. The third kappa shape index (κ3) is 5.61. The van der Waals surface area contributed by atoms with Crippen LogP contribution in [-0.2, 0) is 0 Å². The summed E-state index contributed by atoms with van der Waals surface area (Å²) in [5.74, 6) is 0. The summed E-state index contributed by atoms with van der Waals surface area (Å²) < 4.78 is 0. The fourth-order valence-electron chi connectivity index (χ4n) is 9.73. The monoisotopic (exact) mass is 758 g/mol. The van der Waals surface area contributed by atoms with Gasteiger partial charge in [-0.2, -0.15) is 0 Å². The topological polar surface area (TPSA) is 0 Å². The van der Waals surface area contributed by atoms with Crippen LogP contribution in [0.1, 0.15) is 0 Å². The highest BCUT2D eigenvalue weighted by Gasteiger charge is 2.21. The van der Waals surface area contributed by atoms with Gasteiger partial charge < -0.3 is 0 Å². The summed E-state index contributed by atoms with van der Waals surface area (Å²) in [4.78, 5) is 0. The maximum Gasteiger partial charge on any atom is -0.00139 e. The number of hydrogen-bond donors (Lipinski definition) is 0. The predicted molar refractivity (Wildman–Crippen MR) is 258 cm³/mol. The summed E-state index contributed by atoms with van der Waals surface area (Å²) in [6, 6.07) is 85.2. The molecule has 278 valence electrons. The Kier molecular flexibility index (Phi) is 7.96.